The molecule has 7 heteroatoms. The second kappa shape index (κ2) is 8.43. The molecule has 0 unspecified atom stereocenters. The lowest BCUT2D eigenvalue weighted by molar-refractivity contribution is 0.0281. The number of nitrogens with zero attached hydrogens (tertiary/aromatic N) is 2. The highest BCUT2D eigenvalue weighted by molar-refractivity contribution is 6.35. The summed E-state index contributed by atoms with van der Waals surface area (Å²) >= 11 is 24.6. The number of hydrogen-bond acceptors (Lipinski definition) is 2. The first-order valence-electron chi connectivity index (χ1n) is 7.49. The van der Waals surface area contributed by atoms with Gasteiger partial charge in [0.05, 0.1) is 19.5 Å². The first-order valence-corrected chi connectivity index (χ1v) is 9.00. The summed E-state index contributed by atoms with van der Waals surface area (Å²) in [5, 5.41) is 2.34. The predicted molar refractivity (Wildman–Crippen MR) is 103 cm³/mol. The minimum Gasteiger partial charge on any atom is -0.367 e. The van der Waals surface area contributed by atoms with Gasteiger partial charge in [-0.25, -0.2) is 4.98 Å². The van der Waals surface area contributed by atoms with E-state index in [4.69, 9.17) is 51.1 Å². The Bertz CT molecular complexity index is 852. The lowest BCUT2D eigenvalue weighted by atomic mass is 10.1. The van der Waals surface area contributed by atoms with Gasteiger partial charge in [0.2, 0.25) is 0 Å². The smallest absolute Gasteiger partial charge is 0.102 e. The molecule has 3 rings (SSSR count). The molecule has 0 fully saturated rings. The number of imidazole rings is 1. The van der Waals surface area contributed by atoms with Gasteiger partial charge >= 0.3 is 0 Å². The van der Waals surface area contributed by atoms with Crippen LogP contribution in [-0.2, 0) is 17.9 Å². The number of ether oxygens (including phenoxy) is 1. The normalized spacial score (nSPS) is 12.3. The zero-order valence-corrected chi connectivity index (χ0v) is 16.0. The van der Waals surface area contributed by atoms with Crippen molar-refractivity contribution in [3.05, 3.63) is 86.3 Å². The second-order valence-corrected chi connectivity index (χ2v) is 7.15. The Hall–Kier alpha value is -1.23. The van der Waals surface area contributed by atoms with Crippen molar-refractivity contribution in [3.63, 3.8) is 0 Å². The standard InChI is InChI=1S/C18H14Cl4N2O/c19-13-2-4-16(21)12(7-13)10-25-18(9-24-6-5-23-11-24)15-3-1-14(20)8-17(15)22/h1-8,11,18H,9-10H2/t18-/m1/s1. The van der Waals surface area contributed by atoms with Crippen molar-refractivity contribution in [2.75, 3.05) is 0 Å². The summed E-state index contributed by atoms with van der Waals surface area (Å²) < 4.78 is 8.05. The van der Waals surface area contributed by atoms with Crippen LogP contribution >= 0.6 is 46.4 Å². The largest absolute Gasteiger partial charge is 0.367 e. The monoisotopic (exact) mass is 414 g/mol. The van der Waals surface area contributed by atoms with E-state index in [9.17, 15) is 0 Å². The molecule has 0 N–H and O–H groups in total. The molecule has 0 radical (unpaired) electrons. The summed E-state index contributed by atoms with van der Waals surface area (Å²) in [6.45, 7) is 0.858. The molecule has 0 bridgehead atoms. The SMILES string of the molecule is Clc1ccc([C@@H](Cn2ccnc2)OCc2cc(Cl)ccc2Cl)c(Cl)c1. The lowest BCUT2D eigenvalue weighted by Crippen LogP contribution is -2.12. The molecule has 0 saturated carbocycles. The maximum atomic E-state index is 6.37. The van der Waals surface area contributed by atoms with Crippen molar-refractivity contribution in [3.8, 4) is 0 Å². The Labute approximate surface area is 166 Å². The van der Waals surface area contributed by atoms with Crippen LogP contribution in [0, 0.1) is 0 Å². The fraction of sp³-hybridized carbons (Fsp3) is 0.167. The summed E-state index contributed by atoms with van der Waals surface area (Å²) in [6.07, 6.45) is 5.02. The Morgan fingerprint density at radius 1 is 0.960 bits per heavy atom. The van der Waals surface area contributed by atoms with E-state index in [1.165, 1.54) is 0 Å². The third kappa shape index (κ3) is 4.90. The maximum Gasteiger partial charge on any atom is 0.102 e. The average Bonchev–Trinajstić information content (AvgIpc) is 3.08. The van der Waals surface area contributed by atoms with Gasteiger partial charge < -0.3 is 9.30 Å². The molecule has 0 aliphatic rings. The van der Waals surface area contributed by atoms with Crippen molar-refractivity contribution in [2.45, 2.75) is 19.3 Å². The zero-order chi connectivity index (χ0) is 17.8. The molecular formula is C18H14Cl4N2O. The van der Waals surface area contributed by atoms with Crippen LogP contribution in [0.5, 0.6) is 0 Å². The van der Waals surface area contributed by atoms with Crippen LogP contribution in [0.15, 0.2) is 55.1 Å². The molecule has 3 nitrogen and oxygen atoms in total. The lowest BCUT2D eigenvalue weighted by Gasteiger charge is -2.21. The molecule has 130 valence electrons. The second-order valence-electron chi connectivity index (χ2n) is 5.46. The number of benzene rings is 2. The van der Waals surface area contributed by atoms with Gasteiger partial charge in [-0.1, -0.05) is 52.5 Å². The summed E-state index contributed by atoms with van der Waals surface area (Å²) in [5.41, 5.74) is 1.66. The molecule has 0 saturated heterocycles. The molecule has 1 atom stereocenters. The van der Waals surface area contributed by atoms with E-state index in [2.05, 4.69) is 4.98 Å². The molecule has 1 aromatic heterocycles. The Morgan fingerprint density at radius 3 is 2.44 bits per heavy atom. The number of halogens is 4. The molecule has 2 aromatic carbocycles. The summed E-state index contributed by atoms with van der Waals surface area (Å²) in [7, 11) is 0. The van der Waals surface area contributed by atoms with Gasteiger partial charge in [-0.3, -0.25) is 0 Å². The van der Waals surface area contributed by atoms with E-state index in [-0.39, 0.29) is 6.10 Å². The van der Waals surface area contributed by atoms with Crippen LogP contribution < -0.4 is 0 Å². The number of aromatic nitrogens is 2. The van der Waals surface area contributed by atoms with Gasteiger partial charge in [-0.15, -0.1) is 0 Å². The Balaban J connectivity index is 1.84. The molecule has 0 aliphatic heterocycles. The van der Waals surface area contributed by atoms with Crippen LogP contribution in [0.3, 0.4) is 0 Å². The van der Waals surface area contributed by atoms with Crippen molar-refractivity contribution in [1.29, 1.82) is 0 Å². The minimum atomic E-state index is -0.297. The average molecular weight is 416 g/mol. The minimum absolute atomic E-state index is 0.297. The van der Waals surface area contributed by atoms with Crippen LogP contribution in [0.4, 0.5) is 0 Å². The van der Waals surface area contributed by atoms with Gasteiger partial charge in [0, 0.05) is 38.0 Å². The molecule has 1 heterocycles. The Morgan fingerprint density at radius 2 is 1.72 bits per heavy atom. The summed E-state index contributed by atoms with van der Waals surface area (Å²) in [4.78, 5) is 4.06. The fourth-order valence-corrected chi connectivity index (χ4v) is 3.33. The summed E-state index contributed by atoms with van der Waals surface area (Å²) in [5.74, 6) is 0. The first kappa shape index (κ1) is 18.6. The third-order valence-electron chi connectivity index (χ3n) is 3.69. The first-order chi connectivity index (χ1) is 12.0. The van der Waals surface area contributed by atoms with E-state index in [0.29, 0.717) is 33.2 Å². The summed E-state index contributed by atoms with van der Waals surface area (Å²) in [6, 6.07) is 10.6. The van der Waals surface area contributed by atoms with Crippen LogP contribution in [0.2, 0.25) is 20.1 Å². The van der Waals surface area contributed by atoms with Crippen LogP contribution in [0.1, 0.15) is 17.2 Å². The molecule has 0 amide bonds. The molecule has 0 spiro atoms. The maximum absolute atomic E-state index is 6.37. The number of hydrogen-bond donors (Lipinski definition) is 0. The highest BCUT2D eigenvalue weighted by atomic mass is 35.5. The quantitative estimate of drug-likeness (QED) is 0.462. The van der Waals surface area contributed by atoms with Crippen molar-refractivity contribution < 1.29 is 4.74 Å². The van der Waals surface area contributed by atoms with E-state index in [0.717, 1.165) is 11.1 Å². The topological polar surface area (TPSA) is 27.1 Å². The van der Waals surface area contributed by atoms with E-state index in [1.807, 2.05) is 16.8 Å². The molecule has 3 aromatic rings. The van der Waals surface area contributed by atoms with Gasteiger partial charge in [-0.2, -0.15) is 0 Å². The van der Waals surface area contributed by atoms with Crippen molar-refractivity contribution in [1.82, 2.24) is 9.55 Å². The van der Waals surface area contributed by atoms with E-state index < -0.39 is 0 Å². The Kier molecular flexibility index (Phi) is 6.26. The predicted octanol–water partition coefficient (Wildman–Crippen LogP) is 6.45. The van der Waals surface area contributed by atoms with E-state index in [1.54, 1.807) is 42.9 Å². The van der Waals surface area contributed by atoms with E-state index >= 15 is 0 Å². The third-order valence-corrected chi connectivity index (χ3v) is 4.86. The van der Waals surface area contributed by atoms with Gasteiger partial charge in [0.1, 0.15) is 6.10 Å². The fourth-order valence-electron chi connectivity index (χ4n) is 2.43. The van der Waals surface area contributed by atoms with Crippen LogP contribution in [-0.4, -0.2) is 9.55 Å². The van der Waals surface area contributed by atoms with Gasteiger partial charge in [-0.05, 0) is 35.9 Å². The molecule has 0 aliphatic carbocycles. The number of rotatable bonds is 6. The molecule has 25 heavy (non-hydrogen) atoms. The molecular weight excluding hydrogens is 402 g/mol. The van der Waals surface area contributed by atoms with Crippen molar-refractivity contribution in [2.24, 2.45) is 0 Å². The highest BCUT2D eigenvalue weighted by Gasteiger charge is 2.17. The zero-order valence-electron chi connectivity index (χ0n) is 13.0. The van der Waals surface area contributed by atoms with Gasteiger partial charge in [0.25, 0.3) is 0 Å². The highest BCUT2D eigenvalue weighted by Crippen LogP contribution is 2.31. The van der Waals surface area contributed by atoms with Crippen molar-refractivity contribution >= 4 is 46.4 Å². The van der Waals surface area contributed by atoms with Gasteiger partial charge in [0.15, 0.2) is 0 Å². The van der Waals surface area contributed by atoms with Crippen LogP contribution in [0.25, 0.3) is 0 Å².